The number of carbonyl (C=O) groups excluding carboxylic acids is 1. The molecule has 2 atom stereocenters. The highest BCUT2D eigenvalue weighted by Gasteiger charge is 2.31. The fraction of sp³-hybridized carbons (Fsp3) is 0.304. The van der Waals surface area contributed by atoms with E-state index in [0.29, 0.717) is 6.54 Å². The van der Waals surface area contributed by atoms with Gasteiger partial charge in [0.1, 0.15) is 6.33 Å². The van der Waals surface area contributed by atoms with Gasteiger partial charge in [-0.15, -0.1) is 10.2 Å². The third-order valence-corrected chi connectivity index (χ3v) is 6.03. The molecule has 2 aromatic carbocycles. The molecule has 1 aliphatic rings. The van der Waals surface area contributed by atoms with Gasteiger partial charge in [0.25, 0.3) is 0 Å². The van der Waals surface area contributed by atoms with Crippen LogP contribution in [-0.2, 0) is 4.79 Å². The monoisotopic (exact) mass is 400 g/mol. The largest absolute Gasteiger partial charge is 0.356 e. The van der Waals surface area contributed by atoms with Gasteiger partial charge in [-0.2, -0.15) is 5.10 Å². The lowest BCUT2D eigenvalue weighted by molar-refractivity contribution is -0.124. The van der Waals surface area contributed by atoms with E-state index >= 15 is 0 Å². The Hall–Kier alpha value is -3.48. The summed E-state index contributed by atoms with van der Waals surface area (Å²) in [6.07, 6.45) is 6.35. The number of hydrogen-bond acceptors (Lipinski definition) is 4. The van der Waals surface area contributed by atoms with Crippen molar-refractivity contribution in [3.05, 3.63) is 55.0 Å². The van der Waals surface area contributed by atoms with E-state index in [0.717, 1.165) is 52.7 Å². The zero-order chi connectivity index (χ0) is 20.5. The molecule has 1 amide bonds. The van der Waals surface area contributed by atoms with Crippen molar-refractivity contribution in [1.82, 2.24) is 30.3 Å². The summed E-state index contributed by atoms with van der Waals surface area (Å²) in [5.74, 6) is 1.08. The van der Waals surface area contributed by atoms with Crippen LogP contribution < -0.4 is 5.32 Å². The average Bonchev–Trinajstić information content (AvgIpc) is 3.53. The molecule has 5 rings (SSSR count). The number of amides is 1. The van der Waals surface area contributed by atoms with Crippen LogP contribution >= 0.6 is 0 Å². The maximum Gasteiger partial charge on any atom is 0.223 e. The van der Waals surface area contributed by atoms with E-state index in [1.54, 1.807) is 6.33 Å². The molecule has 30 heavy (non-hydrogen) atoms. The minimum absolute atomic E-state index is 0.0722. The second-order valence-corrected chi connectivity index (χ2v) is 7.83. The molecule has 0 bridgehead atoms. The summed E-state index contributed by atoms with van der Waals surface area (Å²) in [6, 6.07) is 14.8. The normalized spacial score (nSPS) is 18.7. The van der Waals surface area contributed by atoms with Gasteiger partial charge in [0.2, 0.25) is 5.91 Å². The molecule has 1 aliphatic carbocycles. The molecule has 0 aliphatic heterocycles. The lowest BCUT2D eigenvalue weighted by atomic mass is 10.0. The minimum atomic E-state index is 0.0722. The predicted octanol–water partition coefficient (Wildman–Crippen LogP) is 3.97. The Balaban J connectivity index is 1.40. The number of benzene rings is 2. The molecule has 2 heterocycles. The van der Waals surface area contributed by atoms with Gasteiger partial charge in [-0.1, -0.05) is 36.4 Å². The number of aromatic amines is 1. The summed E-state index contributed by atoms with van der Waals surface area (Å²) < 4.78 is 2.13. The number of fused-ring (bicyclic) bond motifs is 1. The zero-order valence-electron chi connectivity index (χ0n) is 16.9. The lowest BCUT2D eigenvalue weighted by Gasteiger charge is -2.15. The quantitative estimate of drug-likeness (QED) is 0.531. The van der Waals surface area contributed by atoms with Crippen LogP contribution in [0.1, 0.15) is 32.2 Å². The fourth-order valence-corrected chi connectivity index (χ4v) is 4.50. The van der Waals surface area contributed by atoms with E-state index in [4.69, 9.17) is 0 Å². The third-order valence-electron chi connectivity index (χ3n) is 6.03. The Labute approximate surface area is 174 Å². The number of hydrogen-bond donors (Lipinski definition) is 2. The topological polar surface area (TPSA) is 88.5 Å². The molecule has 2 N–H and O–H groups in total. The fourth-order valence-electron chi connectivity index (χ4n) is 4.50. The minimum Gasteiger partial charge on any atom is -0.356 e. The van der Waals surface area contributed by atoms with E-state index in [9.17, 15) is 4.79 Å². The number of carbonyl (C=O) groups is 1. The molecule has 152 valence electrons. The summed E-state index contributed by atoms with van der Waals surface area (Å²) in [6.45, 7) is 2.63. The Bertz CT molecular complexity index is 1180. The first-order valence-corrected chi connectivity index (χ1v) is 10.4. The Kier molecular flexibility index (Phi) is 4.78. The first-order valence-electron chi connectivity index (χ1n) is 10.4. The van der Waals surface area contributed by atoms with Crippen molar-refractivity contribution in [2.24, 2.45) is 5.92 Å². The second kappa shape index (κ2) is 7.74. The van der Waals surface area contributed by atoms with Crippen LogP contribution in [0.15, 0.2) is 55.0 Å². The predicted molar refractivity (Wildman–Crippen MR) is 116 cm³/mol. The molecule has 7 nitrogen and oxygen atoms in total. The average molecular weight is 400 g/mol. The van der Waals surface area contributed by atoms with Gasteiger partial charge >= 0.3 is 0 Å². The van der Waals surface area contributed by atoms with Gasteiger partial charge in [0.15, 0.2) is 5.82 Å². The Morgan fingerprint density at radius 3 is 2.83 bits per heavy atom. The van der Waals surface area contributed by atoms with Crippen LogP contribution in [0.5, 0.6) is 0 Å². The molecule has 7 heteroatoms. The smallest absolute Gasteiger partial charge is 0.223 e. The summed E-state index contributed by atoms with van der Waals surface area (Å²) in [4.78, 5) is 12.2. The highest BCUT2D eigenvalue weighted by atomic mass is 16.1. The third kappa shape index (κ3) is 3.26. The zero-order valence-corrected chi connectivity index (χ0v) is 16.9. The molecule has 1 saturated carbocycles. The van der Waals surface area contributed by atoms with Crippen molar-refractivity contribution in [2.75, 3.05) is 6.54 Å². The second-order valence-electron chi connectivity index (χ2n) is 7.83. The van der Waals surface area contributed by atoms with Crippen LogP contribution in [0, 0.1) is 5.92 Å². The van der Waals surface area contributed by atoms with Gasteiger partial charge in [-0.05, 0) is 43.4 Å². The maximum absolute atomic E-state index is 12.2. The Morgan fingerprint density at radius 1 is 1.17 bits per heavy atom. The summed E-state index contributed by atoms with van der Waals surface area (Å²) in [5, 5.41) is 19.8. The summed E-state index contributed by atoms with van der Waals surface area (Å²) >= 11 is 0. The van der Waals surface area contributed by atoms with E-state index in [1.165, 1.54) is 0 Å². The number of H-pyrrole nitrogens is 1. The molecule has 2 aromatic heterocycles. The summed E-state index contributed by atoms with van der Waals surface area (Å²) in [5.41, 5.74) is 4.33. The number of nitrogens with zero attached hydrogens (tertiary/aromatic N) is 4. The maximum atomic E-state index is 12.2. The molecule has 0 saturated heterocycles. The van der Waals surface area contributed by atoms with E-state index in [2.05, 4.69) is 60.6 Å². The number of nitrogens with one attached hydrogen (secondary N) is 2. The summed E-state index contributed by atoms with van der Waals surface area (Å²) in [7, 11) is 0. The first kappa shape index (κ1) is 18.5. The molecule has 0 radical (unpaired) electrons. The SMILES string of the molecule is CCNC(=O)C1CCC(n2cnnc2-c2ccc(-c3cccc4[nH]ncc34)cc2)C1. The van der Waals surface area contributed by atoms with Gasteiger partial charge < -0.3 is 9.88 Å². The molecular formula is C23H24N6O. The Morgan fingerprint density at radius 2 is 2.00 bits per heavy atom. The van der Waals surface area contributed by atoms with Crippen molar-refractivity contribution in [3.63, 3.8) is 0 Å². The van der Waals surface area contributed by atoms with E-state index in [1.807, 2.05) is 25.3 Å². The van der Waals surface area contributed by atoms with Crippen LogP contribution in [0.3, 0.4) is 0 Å². The highest BCUT2D eigenvalue weighted by Crippen LogP contribution is 2.37. The standard InChI is InChI=1S/C23H24N6O/c1-2-24-23(30)17-10-11-18(12-17)29-14-26-28-22(29)16-8-6-15(7-9-16)19-4-3-5-21-20(19)13-25-27-21/h3-9,13-14,17-18H,2,10-12H2,1H3,(H,24,30)(H,25,27). The van der Waals surface area contributed by atoms with Gasteiger partial charge in [0.05, 0.1) is 11.7 Å². The molecule has 0 spiro atoms. The number of rotatable bonds is 5. The van der Waals surface area contributed by atoms with Crippen LogP contribution in [-0.4, -0.2) is 37.4 Å². The van der Waals surface area contributed by atoms with Crippen LogP contribution in [0.4, 0.5) is 0 Å². The first-order chi connectivity index (χ1) is 14.7. The van der Waals surface area contributed by atoms with Crippen LogP contribution in [0.2, 0.25) is 0 Å². The molecule has 4 aromatic rings. The van der Waals surface area contributed by atoms with Gasteiger partial charge in [0, 0.05) is 29.5 Å². The van der Waals surface area contributed by atoms with E-state index in [-0.39, 0.29) is 17.9 Å². The molecule has 2 unspecified atom stereocenters. The molecular weight excluding hydrogens is 376 g/mol. The van der Waals surface area contributed by atoms with Crippen molar-refractivity contribution in [1.29, 1.82) is 0 Å². The molecule has 1 fully saturated rings. The van der Waals surface area contributed by atoms with E-state index < -0.39 is 0 Å². The van der Waals surface area contributed by atoms with Gasteiger partial charge in [-0.25, -0.2) is 0 Å². The van der Waals surface area contributed by atoms with Crippen molar-refractivity contribution in [2.45, 2.75) is 32.2 Å². The van der Waals surface area contributed by atoms with Gasteiger partial charge in [-0.3, -0.25) is 9.89 Å². The van der Waals surface area contributed by atoms with Crippen LogP contribution in [0.25, 0.3) is 33.4 Å². The van der Waals surface area contributed by atoms with Crippen molar-refractivity contribution in [3.8, 4) is 22.5 Å². The highest BCUT2D eigenvalue weighted by molar-refractivity contribution is 5.94. The van der Waals surface area contributed by atoms with Crippen molar-refractivity contribution < 1.29 is 4.79 Å². The van der Waals surface area contributed by atoms with Crippen molar-refractivity contribution >= 4 is 16.8 Å². The number of aromatic nitrogens is 5. The lowest BCUT2D eigenvalue weighted by Crippen LogP contribution is -2.29.